The first-order chi connectivity index (χ1) is 10.9. The van der Waals surface area contributed by atoms with Gasteiger partial charge in [-0.05, 0) is 24.0 Å². The molecule has 0 amide bonds. The van der Waals surface area contributed by atoms with Crippen LogP contribution in [0, 0.1) is 0 Å². The van der Waals surface area contributed by atoms with Crippen LogP contribution < -0.4 is 5.73 Å². The van der Waals surface area contributed by atoms with E-state index in [0.29, 0.717) is 17.0 Å². The fourth-order valence-electron chi connectivity index (χ4n) is 2.06. The smallest absolute Gasteiger partial charge is 0.384 e. The van der Waals surface area contributed by atoms with Gasteiger partial charge >= 0.3 is 6.18 Å². The van der Waals surface area contributed by atoms with Crippen molar-refractivity contribution in [2.24, 2.45) is 0 Å². The zero-order chi connectivity index (χ0) is 16.6. The van der Waals surface area contributed by atoms with Crippen LogP contribution in [-0.2, 0) is 6.18 Å². The maximum Gasteiger partial charge on any atom is 0.433 e. The summed E-state index contributed by atoms with van der Waals surface area (Å²) in [6, 6.07) is 4.41. The van der Waals surface area contributed by atoms with Gasteiger partial charge in [-0.2, -0.15) is 18.3 Å². The lowest BCUT2D eigenvalue weighted by atomic mass is 10.3. The van der Waals surface area contributed by atoms with Crippen molar-refractivity contribution in [2.75, 3.05) is 11.5 Å². The lowest BCUT2D eigenvalue weighted by molar-refractivity contribution is -0.141. The van der Waals surface area contributed by atoms with E-state index < -0.39 is 11.9 Å². The zero-order valence-electron chi connectivity index (χ0n) is 12.0. The minimum absolute atomic E-state index is 0.198. The van der Waals surface area contributed by atoms with Gasteiger partial charge in [0, 0.05) is 17.8 Å². The molecule has 0 aromatic carbocycles. The van der Waals surface area contributed by atoms with E-state index in [4.69, 9.17) is 5.73 Å². The second kappa shape index (κ2) is 5.73. The second-order valence-electron chi connectivity index (χ2n) is 4.69. The average molecular weight is 339 g/mol. The van der Waals surface area contributed by atoms with Gasteiger partial charge in [0.25, 0.3) is 0 Å². The monoisotopic (exact) mass is 339 g/mol. The van der Waals surface area contributed by atoms with Gasteiger partial charge in [0.1, 0.15) is 11.5 Å². The number of aromatic nitrogens is 4. The maximum absolute atomic E-state index is 12.7. The van der Waals surface area contributed by atoms with Crippen LogP contribution in [0.4, 0.5) is 19.0 Å². The van der Waals surface area contributed by atoms with E-state index in [1.807, 2.05) is 13.0 Å². The molecule has 0 atom stereocenters. The molecule has 0 bridgehead atoms. The highest BCUT2D eigenvalue weighted by atomic mass is 32.2. The Bertz CT molecular complexity index is 859. The first-order valence-electron chi connectivity index (χ1n) is 6.71. The number of nitrogen functional groups attached to an aromatic ring is 1. The molecule has 9 heteroatoms. The minimum Gasteiger partial charge on any atom is -0.384 e. The quantitative estimate of drug-likeness (QED) is 0.739. The lowest BCUT2D eigenvalue weighted by Gasteiger charge is -2.07. The Kier molecular flexibility index (Phi) is 3.88. The topological polar surface area (TPSA) is 69.6 Å². The molecule has 120 valence electrons. The molecule has 0 radical (unpaired) electrons. The molecule has 3 heterocycles. The van der Waals surface area contributed by atoms with Crippen LogP contribution in [-0.4, -0.2) is 25.5 Å². The summed E-state index contributed by atoms with van der Waals surface area (Å²) in [6.07, 6.45) is -1.76. The minimum atomic E-state index is -4.50. The van der Waals surface area contributed by atoms with Crippen LogP contribution in [0.1, 0.15) is 12.6 Å². The number of thioether (sulfide) groups is 1. The molecule has 0 saturated carbocycles. The molecule has 3 aromatic heterocycles. The molecule has 5 nitrogen and oxygen atoms in total. The number of halogens is 3. The molecule has 0 aliphatic heterocycles. The Balaban J connectivity index is 2.12. The van der Waals surface area contributed by atoms with E-state index in [1.54, 1.807) is 24.0 Å². The third-order valence-electron chi connectivity index (χ3n) is 3.06. The summed E-state index contributed by atoms with van der Waals surface area (Å²) in [5, 5.41) is 4.68. The number of nitrogens with zero attached hydrogens (tertiary/aromatic N) is 4. The van der Waals surface area contributed by atoms with Gasteiger partial charge in [-0.1, -0.05) is 6.92 Å². The summed E-state index contributed by atoms with van der Waals surface area (Å²) in [5.41, 5.74) is 4.94. The molecule has 0 saturated heterocycles. The van der Waals surface area contributed by atoms with E-state index >= 15 is 0 Å². The van der Waals surface area contributed by atoms with E-state index in [0.717, 1.165) is 22.9 Å². The molecule has 2 N–H and O–H groups in total. The van der Waals surface area contributed by atoms with E-state index in [1.165, 1.54) is 4.68 Å². The van der Waals surface area contributed by atoms with E-state index in [9.17, 15) is 13.2 Å². The molecule has 0 unspecified atom stereocenters. The van der Waals surface area contributed by atoms with Crippen molar-refractivity contribution >= 4 is 28.5 Å². The van der Waals surface area contributed by atoms with Crippen LogP contribution in [0.2, 0.25) is 0 Å². The number of anilines is 1. The highest BCUT2D eigenvalue weighted by Gasteiger charge is 2.32. The molecule has 0 fully saturated rings. The van der Waals surface area contributed by atoms with Gasteiger partial charge in [0.2, 0.25) is 0 Å². The van der Waals surface area contributed by atoms with Crippen molar-refractivity contribution < 1.29 is 13.2 Å². The van der Waals surface area contributed by atoms with Gasteiger partial charge in [0.15, 0.2) is 5.82 Å². The standard InChI is InChI=1S/C14H12F3N5S/c1-2-23-10-3-4-12(18)20-13(10)22-7-8-6-19-11(14(15,16)17)5-9(8)21-22/h3-7H,2H2,1H3,(H2,18,20). The number of alkyl halides is 3. The molecular weight excluding hydrogens is 327 g/mol. The van der Waals surface area contributed by atoms with Gasteiger partial charge in [-0.25, -0.2) is 9.67 Å². The van der Waals surface area contributed by atoms with Gasteiger partial charge in [0.05, 0.1) is 10.4 Å². The number of pyridine rings is 2. The highest BCUT2D eigenvalue weighted by Crippen LogP contribution is 2.30. The number of rotatable bonds is 3. The number of hydrogen-bond acceptors (Lipinski definition) is 5. The van der Waals surface area contributed by atoms with Crippen LogP contribution in [0.5, 0.6) is 0 Å². The Labute approximate surface area is 133 Å². The summed E-state index contributed by atoms with van der Waals surface area (Å²) < 4.78 is 39.6. The number of nitrogens with two attached hydrogens (primary N) is 1. The number of hydrogen-bond donors (Lipinski definition) is 1. The molecule has 3 rings (SSSR count). The van der Waals surface area contributed by atoms with Crippen LogP contribution in [0.25, 0.3) is 16.7 Å². The predicted octanol–water partition coefficient (Wildman–Crippen LogP) is 3.53. The molecule has 0 spiro atoms. The predicted molar refractivity (Wildman–Crippen MR) is 82.5 cm³/mol. The van der Waals surface area contributed by atoms with Gasteiger partial charge in [-0.15, -0.1) is 11.8 Å². The second-order valence-corrected chi connectivity index (χ2v) is 6.00. The van der Waals surface area contributed by atoms with Crippen molar-refractivity contribution in [2.45, 2.75) is 18.0 Å². The fraction of sp³-hybridized carbons (Fsp3) is 0.214. The Morgan fingerprint density at radius 2 is 2.09 bits per heavy atom. The maximum atomic E-state index is 12.7. The zero-order valence-corrected chi connectivity index (χ0v) is 12.8. The largest absolute Gasteiger partial charge is 0.433 e. The number of fused-ring (bicyclic) bond motifs is 1. The fourth-order valence-corrected chi connectivity index (χ4v) is 2.81. The molecular formula is C14H12F3N5S. The van der Waals surface area contributed by atoms with Gasteiger partial charge in [-0.3, -0.25) is 4.98 Å². The normalized spacial score (nSPS) is 12.0. The van der Waals surface area contributed by atoms with Gasteiger partial charge < -0.3 is 5.73 Å². The Morgan fingerprint density at radius 3 is 2.78 bits per heavy atom. The van der Waals surface area contributed by atoms with Crippen molar-refractivity contribution in [3.63, 3.8) is 0 Å². The molecule has 0 aliphatic rings. The lowest BCUT2D eigenvalue weighted by Crippen LogP contribution is -2.07. The average Bonchev–Trinajstić information content (AvgIpc) is 2.91. The summed E-state index contributed by atoms with van der Waals surface area (Å²) >= 11 is 1.55. The van der Waals surface area contributed by atoms with Crippen LogP contribution in [0.3, 0.4) is 0 Å². The molecule has 23 heavy (non-hydrogen) atoms. The Hall–Kier alpha value is -2.29. The summed E-state index contributed by atoms with van der Waals surface area (Å²) in [5.74, 6) is 1.62. The first-order valence-corrected chi connectivity index (χ1v) is 7.69. The Morgan fingerprint density at radius 1 is 1.30 bits per heavy atom. The van der Waals surface area contributed by atoms with Crippen LogP contribution in [0.15, 0.2) is 35.5 Å². The van der Waals surface area contributed by atoms with Crippen LogP contribution >= 0.6 is 11.8 Å². The third-order valence-corrected chi connectivity index (χ3v) is 3.98. The summed E-state index contributed by atoms with van der Waals surface area (Å²) in [4.78, 5) is 8.52. The van der Waals surface area contributed by atoms with Crippen molar-refractivity contribution in [3.8, 4) is 5.82 Å². The van der Waals surface area contributed by atoms with Crippen molar-refractivity contribution in [1.82, 2.24) is 19.7 Å². The first kappa shape index (κ1) is 15.6. The third kappa shape index (κ3) is 3.09. The molecule has 0 aliphatic carbocycles. The van der Waals surface area contributed by atoms with Crippen molar-refractivity contribution in [1.29, 1.82) is 0 Å². The van der Waals surface area contributed by atoms with Crippen molar-refractivity contribution in [3.05, 3.63) is 36.3 Å². The van der Waals surface area contributed by atoms with E-state index in [-0.39, 0.29) is 5.52 Å². The summed E-state index contributed by atoms with van der Waals surface area (Å²) in [7, 11) is 0. The highest BCUT2D eigenvalue weighted by molar-refractivity contribution is 7.99. The summed E-state index contributed by atoms with van der Waals surface area (Å²) in [6.45, 7) is 1.99. The molecule has 3 aromatic rings. The SMILES string of the molecule is CCSc1ccc(N)nc1-n1cc2cnc(C(F)(F)F)cc2n1. The van der Waals surface area contributed by atoms with E-state index in [2.05, 4.69) is 15.1 Å².